The third kappa shape index (κ3) is 16.3. The van der Waals surface area contributed by atoms with Crippen LogP contribution in [-0.4, -0.2) is 177 Å². The minimum absolute atomic E-state index is 0.0161. The van der Waals surface area contributed by atoms with Crippen LogP contribution in [0.2, 0.25) is 0 Å². The number of para-hydroxylation sites is 1. The molecule has 3 aromatic heterocycles. The summed E-state index contributed by atoms with van der Waals surface area (Å²) in [6.45, 7) is 13.3. The topological polar surface area (TPSA) is 327 Å². The number of aromatic nitrogens is 4. The third-order valence-corrected chi connectivity index (χ3v) is 20.3. The van der Waals surface area contributed by atoms with Gasteiger partial charge in [-0.15, -0.1) is 0 Å². The quantitative estimate of drug-likeness (QED) is 0.0217. The molecule has 0 spiro atoms. The first kappa shape index (κ1) is 70.7. The lowest BCUT2D eigenvalue weighted by Crippen LogP contribution is -2.44. The van der Waals surface area contributed by atoms with Gasteiger partial charge < -0.3 is 54.7 Å². The van der Waals surface area contributed by atoms with Crippen LogP contribution in [0.5, 0.6) is 5.75 Å². The molecule has 11 rings (SSSR count). The highest BCUT2D eigenvalue weighted by Gasteiger charge is 2.67. The second-order valence-electron chi connectivity index (χ2n) is 27.9. The zero-order valence-electron chi connectivity index (χ0n) is 56.7. The number of amides is 7. The third-order valence-electron chi connectivity index (χ3n) is 19.3. The molecule has 6 heterocycles. The van der Waals surface area contributed by atoms with Gasteiger partial charge in [0.2, 0.25) is 18.1 Å². The van der Waals surface area contributed by atoms with E-state index >= 15 is 0 Å². The van der Waals surface area contributed by atoms with E-state index in [1.165, 1.54) is 28.4 Å². The van der Waals surface area contributed by atoms with Crippen LogP contribution in [0.4, 0.5) is 31.8 Å². The Morgan fingerprint density at radius 1 is 0.838 bits per heavy atom. The van der Waals surface area contributed by atoms with Crippen LogP contribution in [0.25, 0.3) is 38.7 Å². The van der Waals surface area contributed by atoms with Gasteiger partial charge in [0, 0.05) is 114 Å². The van der Waals surface area contributed by atoms with Crippen LogP contribution in [0.1, 0.15) is 120 Å². The van der Waals surface area contributed by atoms with Crippen molar-refractivity contribution in [1.29, 1.82) is 0 Å². The van der Waals surface area contributed by atoms with E-state index in [9.17, 15) is 53.7 Å². The largest absolute Gasteiger partial charge is 0.479 e. The SMILES string of the molecule is Cc1c(-c2ccc(-c3ccc4c(c3)N(C(=O)Nc3nc5ccccc5s3)CCN4C)nc2C(=O)O)cnn1CC1(C)CC2(C)CC(C)(C)CC2(OCCN(C)C(=O)OC/C=C/c2ccc(O[C@H]3C[C@@H](O)C[C@@H](C(=O)O)O3)c(NC(=O)CCNC(=O)CCCCCN3C(=O)C=CC3=O)c2)C1. The normalized spacial score (nSPS) is 22.4. The van der Waals surface area contributed by atoms with E-state index in [-0.39, 0.29) is 116 Å². The second-order valence-corrected chi connectivity index (χ2v) is 28.9. The van der Waals surface area contributed by atoms with E-state index in [1.807, 2.05) is 61.1 Å². The number of likely N-dealkylation sites (N-methyl/N-ethyl adjacent to an activating group) is 2. The number of unbranched alkanes of at least 4 members (excludes halogenated alkanes) is 2. The Morgan fingerprint density at radius 2 is 1.63 bits per heavy atom. The molecule has 3 aliphatic heterocycles. The molecule has 6 aromatic rings. The summed E-state index contributed by atoms with van der Waals surface area (Å²) >= 11 is 1.40. The maximum atomic E-state index is 13.9. The summed E-state index contributed by atoms with van der Waals surface area (Å²) < 4.78 is 27.2. The molecule has 524 valence electrons. The van der Waals surface area contributed by atoms with Crippen LogP contribution in [-0.2, 0) is 44.7 Å². The van der Waals surface area contributed by atoms with Crippen molar-refractivity contribution in [3.63, 3.8) is 0 Å². The zero-order valence-corrected chi connectivity index (χ0v) is 57.5. The van der Waals surface area contributed by atoms with Crippen LogP contribution >= 0.6 is 11.3 Å². The van der Waals surface area contributed by atoms with E-state index in [0.29, 0.717) is 77.7 Å². The highest BCUT2D eigenvalue weighted by atomic mass is 32.1. The number of aliphatic hydroxyl groups excluding tert-OH is 1. The summed E-state index contributed by atoms with van der Waals surface area (Å²) in [5.74, 6) is -3.76. The van der Waals surface area contributed by atoms with Crippen LogP contribution in [0.15, 0.2) is 97.2 Å². The first-order valence-electron chi connectivity index (χ1n) is 33.4. The van der Waals surface area contributed by atoms with Gasteiger partial charge in [-0.05, 0) is 122 Å². The molecule has 3 unspecified atom stereocenters. The molecule has 99 heavy (non-hydrogen) atoms. The Labute approximate surface area is 577 Å². The second kappa shape index (κ2) is 29.5. The van der Waals surface area contributed by atoms with Crippen molar-refractivity contribution >= 4 is 97.5 Å². The van der Waals surface area contributed by atoms with Gasteiger partial charge in [0.1, 0.15) is 12.4 Å². The monoisotopic (exact) mass is 1380 g/mol. The summed E-state index contributed by atoms with van der Waals surface area (Å²) in [6, 6.07) is 21.5. The van der Waals surface area contributed by atoms with Gasteiger partial charge in [0.25, 0.3) is 11.8 Å². The lowest BCUT2D eigenvalue weighted by Gasteiger charge is -2.38. The molecular weight excluding hydrogens is 1290 g/mol. The number of hydrogen-bond donors (Lipinski definition) is 6. The van der Waals surface area contributed by atoms with Crippen LogP contribution < -0.4 is 30.5 Å². The number of nitrogens with zero attached hydrogens (tertiary/aromatic N) is 8. The maximum absolute atomic E-state index is 13.9. The summed E-state index contributed by atoms with van der Waals surface area (Å²) in [7, 11) is 3.61. The van der Waals surface area contributed by atoms with E-state index in [4.69, 9.17) is 29.0 Å². The van der Waals surface area contributed by atoms with Gasteiger partial charge in [-0.1, -0.05) is 75.8 Å². The van der Waals surface area contributed by atoms with Gasteiger partial charge in [-0.3, -0.25) is 39.0 Å². The molecule has 6 N–H and O–H groups in total. The summed E-state index contributed by atoms with van der Waals surface area (Å²) in [6.07, 6.45) is 8.35. The van der Waals surface area contributed by atoms with Crippen molar-refractivity contribution in [3.05, 3.63) is 114 Å². The van der Waals surface area contributed by atoms with Crippen molar-refractivity contribution < 1.29 is 72.6 Å². The number of nitrogens with one attached hydrogen (secondary N) is 3. The Kier molecular flexibility index (Phi) is 21.1. The Balaban J connectivity index is 0.687. The number of aliphatic hydroxyl groups is 1. The average Bonchev–Trinajstić information content (AvgIpc) is 1.54. The van der Waals surface area contributed by atoms with Crippen molar-refractivity contribution in [1.82, 2.24) is 34.9 Å². The number of carbonyl (C=O) groups excluding carboxylic acids is 6. The van der Waals surface area contributed by atoms with Gasteiger partial charge >= 0.3 is 24.1 Å². The fourth-order valence-corrected chi connectivity index (χ4v) is 15.9. The number of thiazole rings is 1. The number of benzene rings is 3. The molecule has 3 aromatic carbocycles. The number of anilines is 4. The molecule has 1 saturated heterocycles. The Bertz CT molecular complexity index is 4120. The minimum Gasteiger partial charge on any atom is -0.479 e. The predicted molar refractivity (Wildman–Crippen MR) is 371 cm³/mol. The average molecular weight is 1380 g/mol. The summed E-state index contributed by atoms with van der Waals surface area (Å²) in [5, 5.41) is 44.6. The van der Waals surface area contributed by atoms with E-state index < -0.39 is 48.0 Å². The Hall–Kier alpha value is -9.57. The van der Waals surface area contributed by atoms with Crippen LogP contribution in [0, 0.1) is 23.2 Å². The minimum atomic E-state index is -1.31. The molecular formula is C72H85N11O15S. The molecule has 7 amide bonds. The number of carboxylic acid groups (broad SMARTS) is 2. The van der Waals surface area contributed by atoms with Crippen LogP contribution in [0.3, 0.4) is 0 Å². The van der Waals surface area contributed by atoms with E-state index in [2.05, 4.69) is 53.5 Å². The molecule has 5 aliphatic rings. The first-order valence-corrected chi connectivity index (χ1v) is 34.2. The lowest BCUT2D eigenvalue weighted by molar-refractivity contribution is -0.195. The molecule has 3 fully saturated rings. The van der Waals surface area contributed by atoms with Crippen molar-refractivity contribution in [2.45, 2.75) is 136 Å². The standard InChI is InChI=1S/C72H85N11O15S/c1-44-49(48-20-21-50(76-63(48)65(91)92)46-19-22-53-54(35-46)81(30-29-79(53)6)67(93)78-66-77-51-15-10-11-16-57(51)99-66)38-74-83(44)43-70(4)41-71(5)39-69(2,3)40-72(71,42-70)96-33-31-80(7)68(94)95-32-13-14-45-18-23-55(97-62-37-47(84)36-56(98-62)64(89)90)52(34-45)75-59(86)26-27-73-58(85)17-9-8-12-28-82-60(87)24-25-61(82)88/h10-11,13-16,18-25,34-35,38,47,56,62,84H,8-9,12,17,26-33,36-37,39-43H2,1-7H3,(H,73,85)(H,75,86)(H,89,90)(H,91,92)(H,77,78,93)/b14-13+/t47-,56-,62+,70?,71?,72?/m0/s1. The van der Waals surface area contributed by atoms with Crippen molar-refractivity contribution in [2.75, 3.05) is 80.5 Å². The fraction of sp³-hybridized carbons (Fsp3) is 0.458. The molecule has 0 radical (unpaired) electrons. The van der Waals surface area contributed by atoms with E-state index in [1.54, 1.807) is 60.6 Å². The van der Waals surface area contributed by atoms with Gasteiger partial charge in [-0.25, -0.2) is 29.1 Å². The van der Waals surface area contributed by atoms with Gasteiger partial charge in [0.15, 0.2) is 16.9 Å². The Morgan fingerprint density at radius 3 is 2.39 bits per heavy atom. The van der Waals surface area contributed by atoms with Gasteiger partial charge in [-0.2, -0.15) is 5.10 Å². The number of hydrogen-bond acceptors (Lipinski definition) is 18. The molecule has 2 saturated carbocycles. The first-order chi connectivity index (χ1) is 47.2. The number of fused-ring (bicyclic) bond motifs is 3. The molecule has 0 bridgehead atoms. The number of carbonyl (C=O) groups is 8. The van der Waals surface area contributed by atoms with Crippen molar-refractivity contribution in [2.24, 2.45) is 16.2 Å². The summed E-state index contributed by atoms with van der Waals surface area (Å²) in [5.41, 5.74) is 4.86. The number of ether oxygens (including phenoxy) is 4. The predicted octanol–water partition coefficient (Wildman–Crippen LogP) is 10.1. The number of aliphatic carboxylic acids is 1. The highest BCUT2D eigenvalue weighted by Crippen LogP contribution is 2.69. The molecule has 6 atom stereocenters. The van der Waals surface area contributed by atoms with Gasteiger partial charge in [0.05, 0.1) is 57.5 Å². The zero-order chi connectivity index (χ0) is 70.6. The number of imide groups is 1. The number of rotatable bonds is 26. The molecule has 26 nitrogen and oxygen atoms in total. The highest BCUT2D eigenvalue weighted by molar-refractivity contribution is 7.22. The summed E-state index contributed by atoms with van der Waals surface area (Å²) in [4.78, 5) is 117. The lowest BCUT2D eigenvalue weighted by atomic mass is 9.76. The fourth-order valence-electron chi connectivity index (χ4n) is 15.1. The number of aromatic carboxylic acids is 1. The van der Waals surface area contributed by atoms with Crippen molar-refractivity contribution in [3.8, 4) is 28.1 Å². The molecule has 27 heteroatoms. The smallest absolute Gasteiger partial charge is 0.409 e. The molecule has 2 aliphatic carbocycles. The number of carboxylic acids is 2. The number of pyridine rings is 1. The number of urea groups is 1. The maximum Gasteiger partial charge on any atom is 0.409 e. The van der Waals surface area contributed by atoms with E-state index in [0.717, 1.165) is 52.2 Å².